The van der Waals surface area contributed by atoms with Crippen LogP contribution in [0, 0.1) is 5.92 Å². The van der Waals surface area contributed by atoms with E-state index in [0.717, 1.165) is 28.1 Å². The number of pyridine rings is 1. The molecule has 2 heterocycles. The number of unbranched alkanes of at least 4 members (excludes halogenated alkanes) is 1. The molecule has 30 heteroatoms. The van der Waals surface area contributed by atoms with Crippen LogP contribution in [0.25, 0.3) is 10.8 Å². The number of thioether (sulfide) groups is 1. The number of hydrogen-bond donors (Lipinski definition) is 13. The van der Waals surface area contributed by atoms with Gasteiger partial charge in [0.05, 0.1) is 0 Å². The molecule has 0 bridgehead atoms. The lowest BCUT2D eigenvalue weighted by atomic mass is 9.99. The normalized spacial score (nSPS) is 15.0. The van der Waals surface area contributed by atoms with Gasteiger partial charge in [0.2, 0.25) is 70.9 Å². The zero-order valence-electron chi connectivity index (χ0n) is 63.5. The molecule has 28 nitrogen and oxygen atoms in total. The first-order valence-electron chi connectivity index (χ1n) is 36.8. The number of halogens is 1. The molecule has 1 aliphatic heterocycles. The zero-order chi connectivity index (χ0) is 80.1. The van der Waals surface area contributed by atoms with Gasteiger partial charge in [0.15, 0.2) is 5.37 Å². The average molecular weight is 1550 g/mol. The van der Waals surface area contributed by atoms with Crippen LogP contribution in [0.1, 0.15) is 122 Å². The van der Waals surface area contributed by atoms with E-state index in [9.17, 15) is 43.2 Å². The fourth-order valence-electron chi connectivity index (χ4n) is 12.6. The summed E-state index contributed by atoms with van der Waals surface area (Å²) in [4.78, 5) is 188. The van der Waals surface area contributed by atoms with E-state index < -0.39 is 125 Å². The van der Waals surface area contributed by atoms with E-state index >= 15 is 19.2 Å². The Balaban J connectivity index is 1.18. The second-order valence-corrected chi connectivity index (χ2v) is 29.6. The van der Waals surface area contributed by atoms with E-state index in [1.54, 1.807) is 84.9 Å². The third-order valence-corrected chi connectivity index (χ3v) is 19.3. The maximum Gasteiger partial charge on any atom is 0.253 e. The Morgan fingerprint density at radius 2 is 0.964 bits per heavy atom. The summed E-state index contributed by atoms with van der Waals surface area (Å²) in [6.07, 6.45) is 5.85. The fraction of sp³-hybridized carbons (Fsp3) is 0.425. The van der Waals surface area contributed by atoms with Gasteiger partial charge in [-0.2, -0.15) is 0 Å². The third kappa shape index (κ3) is 28.0. The molecule has 14 N–H and O–H groups in total. The predicted octanol–water partition coefficient (Wildman–Crippen LogP) is 4.73. The molecule has 1 fully saturated rings. The second kappa shape index (κ2) is 42.8. The van der Waals surface area contributed by atoms with Gasteiger partial charge in [-0.15, -0.1) is 11.8 Å². The lowest BCUT2D eigenvalue weighted by molar-refractivity contribution is -0.142. The SMILES string of the molecule is CS[C@@H](NC(=O)[C@@H](Cc1cccnc1)NC(=O)[C@@H](Cc1ccc(Cl)cc1)NC(=O)[C@@H](Cc1ccc2ccccc2c1)NC(C)=O)C(=O)N[C@@H](Cc1ccc(NC(C)=O)cc1)C(=O)N[C@H](Cc1ccc(NC(C)=O)cc1)C(=O)N[C@@H](CC(C)C)C(=O)N[C@@H](CCCCNC(C)C)C(=O)N1CCC[C@H]1C(=O)N[C@H](C)C(N)=O. The monoisotopic (exact) mass is 1550 g/mol. The maximum absolute atomic E-state index is 15.4. The molecule has 1 saturated heterocycles. The first kappa shape index (κ1) is 86.5. The Labute approximate surface area is 650 Å². The van der Waals surface area contributed by atoms with Gasteiger partial charge in [-0.25, -0.2) is 0 Å². The van der Waals surface area contributed by atoms with Crippen LogP contribution in [0.3, 0.4) is 0 Å². The average Bonchev–Trinajstić information content (AvgIpc) is 1.31. The molecule has 1 aromatic heterocycles. The summed E-state index contributed by atoms with van der Waals surface area (Å²) in [7, 11) is 0. The Bertz CT molecular complexity index is 4190. The Hall–Kier alpha value is -10.8. The molecule has 0 unspecified atom stereocenters. The number of carbonyl (C=O) groups excluding carboxylic acids is 13. The third-order valence-electron chi connectivity index (χ3n) is 18.2. The fourth-order valence-corrected chi connectivity index (χ4v) is 13.3. The van der Waals surface area contributed by atoms with Gasteiger partial charge in [0.1, 0.15) is 54.4 Å². The van der Waals surface area contributed by atoms with Crippen molar-refractivity contribution in [1.29, 1.82) is 0 Å². The zero-order valence-corrected chi connectivity index (χ0v) is 65.0. The summed E-state index contributed by atoms with van der Waals surface area (Å²) in [6.45, 7) is 13.8. The van der Waals surface area contributed by atoms with Gasteiger partial charge in [0, 0.05) is 94.3 Å². The lowest BCUT2D eigenvalue weighted by Gasteiger charge is -2.31. The molecule has 0 radical (unpaired) electrons. The number of primary amides is 1. The number of likely N-dealkylation sites (tertiary alicyclic amines) is 1. The van der Waals surface area contributed by atoms with Crippen molar-refractivity contribution in [2.75, 3.05) is 30.0 Å². The largest absolute Gasteiger partial charge is 0.368 e. The second-order valence-electron chi connectivity index (χ2n) is 28.2. The van der Waals surface area contributed by atoms with Crippen LogP contribution in [0.15, 0.2) is 140 Å². The van der Waals surface area contributed by atoms with Crippen LogP contribution in [0.5, 0.6) is 0 Å². The van der Waals surface area contributed by atoms with Gasteiger partial charge in [-0.3, -0.25) is 67.3 Å². The van der Waals surface area contributed by atoms with Crippen LogP contribution in [0.2, 0.25) is 5.02 Å². The minimum absolute atomic E-state index is 0.0403. The molecular formula is C80H102ClN15O13S. The first-order valence-corrected chi connectivity index (χ1v) is 38.5. The number of carbonyl (C=O) groups is 13. The van der Waals surface area contributed by atoms with Crippen molar-refractivity contribution in [2.24, 2.45) is 11.7 Å². The van der Waals surface area contributed by atoms with Crippen LogP contribution in [-0.4, -0.2) is 172 Å². The van der Waals surface area contributed by atoms with Crippen LogP contribution in [-0.2, 0) is 94.4 Å². The summed E-state index contributed by atoms with van der Waals surface area (Å²) >= 11 is 7.15. The number of anilines is 2. The molecule has 0 spiro atoms. The highest BCUT2D eigenvalue weighted by Gasteiger charge is 2.40. The molecule has 13 amide bonds. The number of aromatic nitrogens is 1. The van der Waals surface area contributed by atoms with Gasteiger partial charge in [-0.05, 0) is 145 Å². The highest BCUT2D eigenvalue weighted by Crippen LogP contribution is 2.23. The maximum atomic E-state index is 15.4. The van der Waals surface area contributed by atoms with E-state index in [4.69, 9.17) is 17.3 Å². The van der Waals surface area contributed by atoms with E-state index in [1.807, 2.05) is 70.2 Å². The van der Waals surface area contributed by atoms with Crippen molar-refractivity contribution in [2.45, 2.75) is 192 Å². The summed E-state index contributed by atoms with van der Waals surface area (Å²) < 4.78 is 0. The van der Waals surface area contributed by atoms with Crippen LogP contribution >= 0.6 is 23.4 Å². The Morgan fingerprint density at radius 1 is 0.500 bits per heavy atom. The van der Waals surface area contributed by atoms with Crippen molar-refractivity contribution in [3.63, 3.8) is 0 Å². The number of fused-ring (bicyclic) bond motifs is 1. The molecule has 0 saturated carbocycles. The molecule has 110 heavy (non-hydrogen) atoms. The molecule has 10 atom stereocenters. The summed E-state index contributed by atoms with van der Waals surface area (Å²) in [5.41, 5.74) is 9.04. The van der Waals surface area contributed by atoms with Gasteiger partial charge in [-0.1, -0.05) is 124 Å². The minimum Gasteiger partial charge on any atom is -0.368 e. The van der Waals surface area contributed by atoms with Crippen molar-refractivity contribution >= 4 is 122 Å². The number of nitrogens with two attached hydrogens (primary N) is 1. The lowest BCUT2D eigenvalue weighted by Crippen LogP contribution is -2.61. The number of amides is 13. The molecule has 0 aliphatic carbocycles. The summed E-state index contributed by atoms with van der Waals surface area (Å²) in [5, 5.41) is 34.6. The number of benzene rings is 5. The highest BCUT2D eigenvalue weighted by atomic mass is 35.5. The van der Waals surface area contributed by atoms with E-state index in [-0.39, 0.29) is 81.7 Å². The standard InChI is InChI=1S/C80H102ClN15O13S/c1-46(2)38-63(71(101)89-62(19-12-13-36-84-47(3)4)80(109)96-37-15-20-69(96)77(107)85-48(5)70(82)100)90-73(103)66(41-53-24-31-60(32-25-53)86-49(6)97)92-75(105)67(42-54-26-33-61(34-27-54)87-50(7)98)94-78(108)79(110-9)95-76(106)68(44-56-16-14-35-83-45-56)93-74(104)65(40-52-22-29-59(81)30-23-52)91-72(102)64(88-51(8)99)43-55-21-28-57-17-10-11-18-58(57)39-55/h10-11,14,16-18,21-35,39,45-48,62-69,79,84H,12-13,15,19-20,36-38,40-44H2,1-9H3,(H2,82,100)(H,85,107)(H,86,97)(H,87,98)(H,88,99)(H,89,101)(H,90,103)(H,91,102)(H,92,105)(H,93,104)(H,94,108)(H,95,106)/t48-,62+,63+,64-,65-,66-,67+,68-,69+,79-/m1/s1. The van der Waals surface area contributed by atoms with Crippen molar-refractivity contribution in [1.82, 2.24) is 63.1 Å². The minimum atomic E-state index is -1.54. The van der Waals surface area contributed by atoms with E-state index in [0.29, 0.717) is 64.5 Å². The molecule has 6 aromatic rings. The molecule has 588 valence electrons. The quantitative estimate of drug-likeness (QED) is 0.0183. The molecule has 7 rings (SSSR count). The van der Waals surface area contributed by atoms with Crippen LogP contribution < -0.4 is 69.5 Å². The smallest absolute Gasteiger partial charge is 0.253 e. The van der Waals surface area contributed by atoms with Gasteiger partial charge < -0.3 is 74.4 Å². The first-order chi connectivity index (χ1) is 52.4. The van der Waals surface area contributed by atoms with E-state index in [1.165, 1.54) is 51.2 Å². The number of nitrogens with zero attached hydrogens (tertiary/aromatic N) is 2. The highest BCUT2D eigenvalue weighted by molar-refractivity contribution is 7.99. The molecule has 1 aliphatic rings. The number of rotatable bonds is 40. The molecular weight excluding hydrogens is 1450 g/mol. The van der Waals surface area contributed by atoms with Gasteiger partial charge in [0.25, 0.3) is 5.91 Å². The van der Waals surface area contributed by atoms with Crippen molar-refractivity contribution < 1.29 is 62.3 Å². The van der Waals surface area contributed by atoms with Crippen molar-refractivity contribution in [3.05, 3.63) is 173 Å². The van der Waals surface area contributed by atoms with Crippen LogP contribution in [0.4, 0.5) is 11.4 Å². The summed E-state index contributed by atoms with van der Waals surface area (Å²) in [6, 6.07) is 24.7. The molecule has 5 aromatic carbocycles. The number of nitrogens with one attached hydrogen (secondary N) is 12. The van der Waals surface area contributed by atoms with Gasteiger partial charge >= 0.3 is 0 Å². The summed E-state index contributed by atoms with van der Waals surface area (Å²) in [5.74, 6) is -9.11. The van der Waals surface area contributed by atoms with E-state index in [2.05, 4.69) is 68.8 Å². The topological polar surface area (TPSA) is 408 Å². The Morgan fingerprint density at radius 3 is 1.45 bits per heavy atom. The number of hydrogen-bond acceptors (Lipinski definition) is 16. The Kier molecular flexibility index (Phi) is 33.7. The predicted molar refractivity (Wildman–Crippen MR) is 422 cm³/mol. The van der Waals surface area contributed by atoms with Crippen molar-refractivity contribution in [3.8, 4) is 0 Å².